The number of rotatable bonds is 1. The summed E-state index contributed by atoms with van der Waals surface area (Å²) in [7, 11) is 0. The van der Waals surface area contributed by atoms with Crippen molar-refractivity contribution in [2.75, 3.05) is 0 Å². The number of aliphatic hydroxyl groups is 2. The van der Waals surface area contributed by atoms with Gasteiger partial charge in [-0.1, -0.05) is 33.4 Å². The van der Waals surface area contributed by atoms with E-state index in [9.17, 15) is 20.1 Å². The predicted molar refractivity (Wildman–Crippen MR) is 116 cm³/mol. The Morgan fingerprint density at radius 1 is 1.20 bits per heavy atom. The molecule has 2 aliphatic carbocycles. The molecule has 5 rings (SSSR count). The van der Waals surface area contributed by atoms with E-state index in [1.807, 2.05) is 6.07 Å². The number of phenols is 1. The standard InChI is InChI=1S/C25H26O5/c1-11-6-7-17-20(21(11)27)23(29)19-14(10-26)13-8-16-22(28)12(2)24(3,4)25(16,5)15(13)9-18(19)30-17/h6-7,9,16,22,26-28H,2,8,10H2,1,3-5H3. The number of fused-ring (bicyclic) bond motifs is 5. The number of phenolic OH excluding ortho intramolecular Hbond substituents is 1. The highest BCUT2D eigenvalue weighted by atomic mass is 16.3. The molecule has 3 aromatic rings. The van der Waals surface area contributed by atoms with Gasteiger partial charge in [0.05, 0.1) is 18.1 Å². The molecule has 1 aromatic heterocycles. The minimum Gasteiger partial charge on any atom is -0.507 e. The minimum atomic E-state index is -0.651. The van der Waals surface area contributed by atoms with Gasteiger partial charge >= 0.3 is 0 Å². The fourth-order valence-electron chi connectivity index (χ4n) is 5.98. The first kappa shape index (κ1) is 19.3. The van der Waals surface area contributed by atoms with Gasteiger partial charge in [-0.05, 0) is 58.7 Å². The second kappa shape index (κ2) is 5.74. The van der Waals surface area contributed by atoms with Gasteiger partial charge in [0, 0.05) is 11.3 Å². The van der Waals surface area contributed by atoms with Gasteiger partial charge in [0.2, 0.25) is 5.43 Å². The van der Waals surface area contributed by atoms with E-state index in [0.717, 1.165) is 16.7 Å². The topological polar surface area (TPSA) is 90.9 Å². The maximum Gasteiger partial charge on any atom is 0.204 e. The van der Waals surface area contributed by atoms with E-state index in [-0.39, 0.29) is 34.5 Å². The zero-order chi connectivity index (χ0) is 21.7. The first-order chi connectivity index (χ1) is 14.1. The van der Waals surface area contributed by atoms with Crippen LogP contribution in [0.2, 0.25) is 0 Å². The molecule has 1 fully saturated rings. The number of aryl methyl sites for hydroxylation is 1. The third-order valence-electron chi connectivity index (χ3n) is 8.25. The van der Waals surface area contributed by atoms with Gasteiger partial charge in [-0.15, -0.1) is 0 Å². The van der Waals surface area contributed by atoms with Crippen LogP contribution in [0.1, 0.15) is 43.0 Å². The molecular formula is C25H26O5. The summed E-state index contributed by atoms with van der Waals surface area (Å²) in [6.07, 6.45) is -0.0973. The molecule has 0 spiro atoms. The van der Waals surface area contributed by atoms with Crippen molar-refractivity contribution in [2.45, 2.75) is 52.2 Å². The lowest BCUT2D eigenvalue weighted by atomic mass is 9.63. The quantitative estimate of drug-likeness (QED) is 0.422. The molecule has 0 saturated heterocycles. The van der Waals surface area contributed by atoms with E-state index in [4.69, 9.17) is 4.42 Å². The molecule has 2 aromatic carbocycles. The molecule has 30 heavy (non-hydrogen) atoms. The summed E-state index contributed by atoms with van der Waals surface area (Å²) >= 11 is 0. The van der Waals surface area contributed by atoms with Crippen molar-refractivity contribution in [1.29, 1.82) is 0 Å². The molecule has 1 heterocycles. The highest BCUT2D eigenvalue weighted by Crippen LogP contribution is 2.64. The Bertz CT molecular complexity index is 1330. The number of hydrogen-bond donors (Lipinski definition) is 3. The van der Waals surface area contributed by atoms with Crippen LogP contribution in [0.5, 0.6) is 5.75 Å². The molecule has 3 N–H and O–H groups in total. The Morgan fingerprint density at radius 3 is 2.57 bits per heavy atom. The van der Waals surface area contributed by atoms with Crippen LogP contribution in [0.25, 0.3) is 21.9 Å². The Morgan fingerprint density at radius 2 is 1.90 bits per heavy atom. The molecule has 0 amide bonds. The van der Waals surface area contributed by atoms with Gasteiger partial charge in [-0.25, -0.2) is 0 Å². The Labute approximate surface area is 174 Å². The zero-order valence-corrected chi connectivity index (χ0v) is 17.7. The average Bonchev–Trinajstić information content (AvgIpc) is 3.07. The van der Waals surface area contributed by atoms with Crippen molar-refractivity contribution >= 4 is 21.9 Å². The van der Waals surface area contributed by atoms with Gasteiger partial charge in [0.15, 0.2) is 0 Å². The smallest absolute Gasteiger partial charge is 0.204 e. The molecule has 156 valence electrons. The molecule has 0 bridgehead atoms. The molecule has 2 aliphatic rings. The minimum absolute atomic E-state index is 0.0859. The van der Waals surface area contributed by atoms with Crippen molar-refractivity contribution in [2.24, 2.45) is 11.3 Å². The highest BCUT2D eigenvalue weighted by Gasteiger charge is 2.63. The Kier molecular flexibility index (Phi) is 3.70. The van der Waals surface area contributed by atoms with Crippen molar-refractivity contribution in [3.8, 4) is 5.75 Å². The monoisotopic (exact) mass is 406 g/mol. The maximum atomic E-state index is 13.4. The van der Waals surface area contributed by atoms with E-state index < -0.39 is 11.5 Å². The lowest BCUT2D eigenvalue weighted by Gasteiger charge is -2.39. The number of aromatic hydroxyl groups is 1. The normalized spacial score (nSPS) is 27.1. The zero-order valence-electron chi connectivity index (χ0n) is 17.7. The molecule has 3 unspecified atom stereocenters. The lowest BCUT2D eigenvalue weighted by Crippen LogP contribution is -2.37. The fraction of sp³-hybridized carbons (Fsp3) is 0.400. The van der Waals surface area contributed by atoms with E-state index in [1.165, 1.54) is 0 Å². The second-order valence-electron chi connectivity index (χ2n) is 9.56. The summed E-state index contributed by atoms with van der Waals surface area (Å²) in [5.41, 5.74) is 3.42. The summed E-state index contributed by atoms with van der Waals surface area (Å²) in [5.74, 6) is -0.179. The van der Waals surface area contributed by atoms with Crippen LogP contribution in [0.15, 0.2) is 39.6 Å². The Balaban J connectivity index is 1.93. The molecule has 0 radical (unpaired) electrons. The van der Waals surface area contributed by atoms with Crippen LogP contribution in [-0.4, -0.2) is 21.4 Å². The van der Waals surface area contributed by atoms with Crippen LogP contribution in [0, 0.1) is 18.3 Å². The van der Waals surface area contributed by atoms with Crippen molar-refractivity contribution in [3.05, 3.63) is 62.8 Å². The van der Waals surface area contributed by atoms with Crippen LogP contribution in [-0.2, 0) is 18.4 Å². The summed E-state index contributed by atoms with van der Waals surface area (Å²) < 4.78 is 6.09. The van der Waals surface area contributed by atoms with E-state index >= 15 is 0 Å². The summed E-state index contributed by atoms with van der Waals surface area (Å²) in [6, 6.07) is 5.30. The number of hydrogen-bond acceptors (Lipinski definition) is 5. The third kappa shape index (κ3) is 1.97. The van der Waals surface area contributed by atoms with E-state index in [0.29, 0.717) is 34.1 Å². The van der Waals surface area contributed by atoms with Crippen LogP contribution in [0.4, 0.5) is 0 Å². The first-order valence-electron chi connectivity index (χ1n) is 10.3. The maximum absolute atomic E-state index is 13.4. The molecule has 0 aliphatic heterocycles. The van der Waals surface area contributed by atoms with Gasteiger partial charge in [-0.3, -0.25) is 4.79 Å². The van der Waals surface area contributed by atoms with E-state index in [2.05, 4.69) is 27.4 Å². The van der Waals surface area contributed by atoms with Crippen LogP contribution >= 0.6 is 0 Å². The average molecular weight is 406 g/mol. The second-order valence-corrected chi connectivity index (χ2v) is 9.56. The van der Waals surface area contributed by atoms with Crippen LogP contribution < -0.4 is 5.43 Å². The first-order valence-corrected chi connectivity index (χ1v) is 10.3. The highest BCUT2D eigenvalue weighted by molar-refractivity contribution is 5.96. The van der Waals surface area contributed by atoms with Crippen molar-refractivity contribution in [3.63, 3.8) is 0 Å². The third-order valence-corrected chi connectivity index (χ3v) is 8.25. The van der Waals surface area contributed by atoms with Crippen molar-refractivity contribution < 1.29 is 19.7 Å². The molecule has 1 saturated carbocycles. The molecule has 5 heteroatoms. The number of benzene rings is 2. The van der Waals surface area contributed by atoms with Gasteiger partial charge in [-0.2, -0.15) is 0 Å². The van der Waals surface area contributed by atoms with Gasteiger partial charge < -0.3 is 19.7 Å². The predicted octanol–water partition coefficient (Wildman–Crippen LogP) is 3.84. The molecular weight excluding hydrogens is 380 g/mol. The van der Waals surface area contributed by atoms with Crippen LogP contribution in [0.3, 0.4) is 0 Å². The summed E-state index contributed by atoms with van der Waals surface area (Å²) in [4.78, 5) is 13.4. The molecule has 5 nitrogen and oxygen atoms in total. The summed E-state index contributed by atoms with van der Waals surface area (Å²) in [6.45, 7) is 11.9. The lowest BCUT2D eigenvalue weighted by molar-refractivity contribution is 0.130. The van der Waals surface area contributed by atoms with Gasteiger partial charge in [0.1, 0.15) is 22.3 Å². The molecule has 3 atom stereocenters. The van der Waals surface area contributed by atoms with Crippen molar-refractivity contribution in [1.82, 2.24) is 0 Å². The fourth-order valence-corrected chi connectivity index (χ4v) is 5.98. The largest absolute Gasteiger partial charge is 0.507 e. The summed E-state index contributed by atoms with van der Waals surface area (Å²) in [5, 5.41) is 32.2. The Hall–Kier alpha value is -2.63. The SMILES string of the molecule is C=C1C(O)C2Cc3c(cc4oc5ccc(C)c(O)c5c(=O)c4c3CO)C2(C)C1(C)C. The van der Waals surface area contributed by atoms with Gasteiger partial charge in [0.25, 0.3) is 0 Å². The van der Waals surface area contributed by atoms with E-state index in [1.54, 1.807) is 19.1 Å². The number of aliphatic hydroxyl groups excluding tert-OH is 2.